The summed E-state index contributed by atoms with van der Waals surface area (Å²) >= 11 is 3.39. The number of piperazine rings is 2. The van der Waals surface area contributed by atoms with Crippen LogP contribution in [-0.2, 0) is 9.47 Å². The number of halogens is 1. The third kappa shape index (κ3) is 12.6. The van der Waals surface area contributed by atoms with Gasteiger partial charge in [0.2, 0.25) is 0 Å². The van der Waals surface area contributed by atoms with Crippen molar-refractivity contribution in [3.8, 4) is 23.1 Å². The number of methoxy groups -OCH3 is 2. The molecule has 0 aliphatic carbocycles. The van der Waals surface area contributed by atoms with Gasteiger partial charge in [0.1, 0.15) is 34.3 Å². The van der Waals surface area contributed by atoms with E-state index in [1.165, 1.54) is 0 Å². The molecule has 14 nitrogen and oxygen atoms in total. The van der Waals surface area contributed by atoms with Crippen LogP contribution >= 0.6 is 15.9 Å². The highest BCUT2D eigenvalue weighted by Gasteiger charge is 2.27. The van der Waals surface area contributed by atoms with Gasteiger partial charge >= 0.3 is 12.2 Å². The molecule has 0 unspecified atom stereocenters. The maximum absolute atomic E-state index is 12.3. The number of aromatic nitrogens is 4. The number of hydrogen-bond acceptors (Lipinski definition) is 10. The van der Waals surface area contributed by atoms with Crippen molar-refractivity contribution in [1.29, 1.82) is 0 Å². The number of carbonyl (C=O) groups is 2. The zero-order chi connectivity index (χ0) is 42.1. The number of aryl methyl sites for hydroxylation is 4. The van der Waals surface area contributed by atoms with Gasteiger partial charge in [-0.15, -0.1) is 0 Å². The van der Waals surface area contributed by atoms with Crippen LogP contribution < -0.4 is 19.7 Å². The first-order chi connectivity index (χ1) is 26.8. The number of amides is 2. The lowest BCUT2D eigenvalue weighted by atomic mass is 10.2. The van der Waals surface area contributed by atoms with Gasteiger partial charge in [0.15, 0.2) is 0 Å². The monoisotopic (exact) mass is 852 g/mol. The summed E-state index contributed by atoms with van der Waals surface area (Å²) in [4.78, 5) is 38.5. The van der Waals surface area contributed by atoms with Crippen LogP contribution in [-0.4, -0.2) is 119 Å². The van der Waals surface area contributed by atoms with Crippen LogP contribution in [0.1, 0.15) is 64.3 Å². The third-order valence-corrected chi connectivity index (χ3v) is 9.71. The molecule has 0 aromatic carbocycles. The Morgan fingerprint density at radius 2 is 1.04 bits per heavy atom. The number of nitrogens with one attached hydrogen (secondary N) is 1. The van der Waals surface area contributed by atoms with Crippen molar-refractivity contribution < 1.29 is 28.5 Å². The number of hydrogen-bond donors (Lipinski definition) is 1. The molecule has 0 bridgehead atoms. The summed E-state index contributed by atoms with van der Waals surface area (Å²) in [6.45, 7) is 25.4. The second kappa shape index (κ2) is 19.6. The molecule has 0 atom stereocenters. The van der Waals surface area contributed by atoms with Crippen molar-refractivity contribution in [3.05, 3.63) is 76.0 Å². The highest BCUT2D eigenvalue weighted by atomic mass is 79.9. The van der Waals surface area contributed by atoms with Gasteiger partial charge in [-0.25, -0.2) is 19.6 Å². The largest absolute Gasteiger partial charge is 0.495 e. The first-order valence-corrected chi connectivity index (χ1v) is 20.1. The quantitative estimate of drug-likeness (QED) is 0.214. The summed E-state index contributed by atoms with van der Waals surface area (Å²) in [5, 5.41) is 3.18. The molecule has 4 aromatic heterocycles. The molecule has 15 heteroatoms. The van der Waals surface area contributed by atoms with Crippen molar-refractivity contribution in [2.45, 2.75) is 80.4 Å². The van der Waals surface area contributed by atoms with E-state index in [2.05, 4.69) is 97.2 Å². The van der Waals surface area contributed by atoms with Gasteiger partial charge in [0, 0.05) is 93.5 Å². The summed E-state index contributed by atoms with van der Waals surface area (Å²) in [5.74, 6) is 3.29. The van der Waals surface area contributed by atoms with Crippen molar-refractivity contribution >= 4 is 33.8 Å². The Kier molecular flexibility index (Phi) is 15.5. The number of anilines is 1. The summed E-state index contributed by atoms with van der Waals surface area (Å²) in [7, 11) is 3.33. The van der Waals surface area contributed by atoms with E-state index in [-0.39, 0.29) is 17.8 Å². The maximum atomic E-state index is 12.3. The normalized spacial score (nSPS) is 14.5. The first-order valence-electron chi connectivity index (χ1n) is 19.3. The van der Waals surface area contributed by atoms with Gasteiger partial charge in [-0.2, -0.15) is 0 Å². The Morgan fingerprint density at radius 1 is 0.632 bits per heavy atom. The molecule has 4 aromatic rings. The molecular weight excluding hydrogens is 792 g/mol. The number of pyridine rings is 2. The van der Waals surface area contributed by atoms with Crippen LogP contribution in [0.2, 0.25) is 0 Å². The van der Waals surface area contributed by atoms with Crippen molar-refractivity contribution in [2.75, 3.05) is 71.5 Å². The lowest BCUT2D eigenvalue weighted by molar-refractivity contribution is 0.0223. The topological polar surface area (TPSA) is 128 Å². The molecule has 312 valence electrons. The molecule has 57 heavy (non-hydrogen) atoms. The SMILES string of the molecule is CC(C)(C)OC(=O)N1CCNCC1.COc1cc(-n2c(C)ccc2C)ncc1Br.COc1cc(-n2c(C)ccc2C)ncc1N1CCN(C(=O)OC(C)(C)C)CC1. The van der Waals surface area contributed by atoms with Crippen LogP contribution in [0, 0.1) is 27.7 Å². The Labute approximate surface area is 346 Å². The Hall–Kier alpha value is -4.76. The van der Waals surface area contributed by atoms with Crippen LogP contribution in [0.15, 0.2) is 53.3 Å². The summed E-state index contributed by atoms with van der Waals surface area (Å²) in [6, 6.07) is 12.2. The van der Waals surface area contributed by atoms with Gasteiger partial charge in [0.25, 0.3) is 0 Å². The van der Waals surface area contributed by atoms with Crippen LogP contribution in [0.25, 0.3) is 11.6 Å². The molecule has 2 saturated heterocycles. The van der Waals surface area contributed by atoms with Crippen LogP contribution in [0.3, 0.4) is 0 Å². The standard InChI is InChI=1S/C21H30N4O3.C12H13BrN2O.C9H18N2O2/c1-15-7-8-16(2)25(15)19-13-18(27-6)17(14-22-19)23-9-11-24(12-10-23)20(26)28-21(3,4)5;1-8-4-5-9(2)15(8)12-6-11(16-3)10(13)7-14-12;1-9(2,3)13-8(12)11-6-4-10-5-7-11/h7-8,13-14H,9-12H2,1-6H3;4-7H,1-3H3;10H,4-7H2,1-3H3. The predicted octanol–water partition coefficient (Wildman–Crippen LogP) is 7.64. The molecule has 2 aliphatic heterocycles. The number of rotatable bonds is 5. The van der Waals surface area contributed by atoms with E-state index < -0.39 is 5.60 Å². The van der Waals surface area contributed by atoms with Crippen LogP contribution in [0.4, 0.5) is 15.3 Å². The average Bonchev–Trinajstić information content (AvgIpc) is 3.69. The Morgan fingerprint density at radius 3 is 1.46 bits per heavy atom. The van der Waals surface area contributed by atoms with E-state index in [0.717, 1.165) is 82.2 Å². The molecule has 2 fully saturated rings. The molecule has 0 saturated carbocycles. The van der Waals surface area contributed by atoms with E-state index in [1.54, 1.807) is 30.2 Å². The maximum Gasteiger partial charge on any atom is 0.410 e. The molecule has 2 amide bonds. The van der Waals surface area contributed by atoms with E-state index in [0.29, 0.717) is 26.2 Å². The highest BCUT2D eigenvalue weighted by Crippen LogP contribution is 2.31. The second-order valence-corrected chi connectivity index (χ2v) is 16.8. The lowest BCUT2D eigenvalue weighted by Gasteiger charge is -2.37. The van der Waals surface area contributed by atoms with E-state index in [4.69, 9.17) is 18.9 Å². The molecule has 6 rings (SSSR count). The minimum absolute atomic E-state index is 0.200. The Balaban J connectivity index is 0.000000209. The van der Waals surface area contributed by atoms with Gasteiger partial charge < -0.3 is 48.1 Å². The van der Waals surface area contributed by atoms with Crippen molar-refractivity contribution in [1.82, 2.24) is 34.2 Å². The molecular formula is C42H61BrN8O6. The molecule has 1 N–H and O–H groups in total. The highest BCUT2D eigenvalue weighted by molar-refractivity contribution is 9.10. The van der Waals surface area contributed by atoms with Gasteiger partial charge in [-0.1, -0.05) is 0 Å². The number of carbonyl (C=O) groups excluding carboxylic acids is 2. The van der Waals surface area contributed by atoms with Gasteiger partial charge in [-0.05, 0) is 109 Å². The minimum atomic E-state index is -0.480. The molecule has 0 radical (unpaired) electrons. The van der Waals surface area contributed by atoms with E-state index in [9.17, 15) is 9.59 Å². The summed E-state index contributed by atoms with van der Waals surface area (Å²) in [5.41, 5.74) is 4.66. The minimum Gasteiger partial charge on any atom is -0.495 e. The van der Waals surface area contributed by atoms with Crippen molar-refractivity contribution in [2.24, 2.45) is 0 Å². The van der Waals surface area contributed by atoms with E-state index >= 15 is 0 Å². The third-order valence-electron chi connectivity index (χ3n) is 9.12. The summed E-state index contributed by atoms with van der Waals surface area (Å²) in [6.07, 6.45) is 3.16. The van der Waals surface area contributed by atoms with Gasteiger partial charge in [-0.3, -0.25) is 0 Å². The number of ether oxygens (including phenoxy) is 4. The van der Waals surface area contributed by atoms with Crippen molar-refractivity contribution in [3.63, 3.8) is 0 Å². The van der Waals surface area contributed by atoms with Crippen LogP contribution in [0.5, 0.6) is 11.5 Å². The smallest absolute Gasteiger partial charge is 0.410 e. The average molecular weight is 854 g/mol. The Bertz CT molecular complexity index is 1910. The zero-order valence-corrected chi connectivity index (χ0v) is 37.3. The zero-order valence-electron chi connectivity index (χ0n) is 35.7. The fourth-order valence-corrected chi connectivity index (χ4v) is 6.70. The fraction of sp³-hybridized carbons (Fsp3) is 0.524. The number of nitrogens with zero attached hydrogens (tertiary/aromatic N) is 7. The fourth-order valence-electron chi connectivity index (χ4n) is 6.32. The lowest BCUT2D eigenvalue weighted by Crippen LogP contribution is -2.50. The molecule has 6 heterocycles. The second-order valence-electron chi connectivity index (χ2n) is 16.0. The van der Waals surface area contributed by atoms with E-state index in [1.807, 2.05) is 59.9 Å². The first kappa shape index (κ1) is 44.9. The molecule has 2 aliphatic rings. The molecule has 0 spiro atoms. The summed E-state index contributed by atoms with van der Waals surface area (Å²) < 4.78 is 26.7. The predicted molar refractivity (Wildman–Crippen MR) is 228 cm³/mol. The van der Waals surface area contributed by atoms with Gasteiger partial charge in [0.05, 0.1) is 30.6 Å².